The van der Waals surface area contributed by atoms with Gasteiger partial charge < -0.3 is 11.1 Å². The van der Waals surface area contributed by atoms with Crippen molar-refractivity contribution in [3.63, 3.8) is 0 Å². The van der Waals surface area contributed by atoms with Crippen LogP contribution >= 0.6 is 11.3 Å². The van der Waals surface area contributed by atoms with E-state index in [2.05, 4.69) is 20.4 Å². The Morgan fingerprint density at radius 2 is 2.11 bits per heavy atom. The third-order valence-electron chi connectivity index (χ3n) is 4.03. The molecule has 1 amide bonds. The van der Waals surface area contributed by atoms with Crippen LogP contribution in [0.15, 0.2) is 54.3 Å². The molecular weight excluding hydrogens is 379 g/mol. The molecule has 140 valence electrons. The van der Waals surface area contributed by atoms with E-state index in [-0.39, 0.29) is 17.2 Å². The highest BCUT2D eigenvalue weighted by Gasteiger charge is 2.17. The van der Waals surface area contributed by atoms with Crippen LogP contribution in [0, 0.1) is 5.82 Å². The monoisotopic (exact) mass is 394 g/mol. The molecule has 0 aliphatic carbocycles. The number of hydrogen-bond donors (Lipinski definition) is 2. The fourth-order valence-electron chi connectivity index (χ4n) is 2.63. The van der Waals surface area contributed by atoms with E-state index in [4.69, 9.17) is 5.73 Å². The first kappa shape index (κ1) is 17.8. The van der Waals surface area contributed by atoms with E-state index in [1.165, 1.54) is 23.6 Å². The molecule has 0 fully saturated rings. The molecule has 4 aromatic heterocycles. The van der Waals surface area contributed by atoms with Crippen molar-refractivity contribution in [1.82, 2.24) is 19.7 Å². The minimum Gasteiger partial charge on any atom is -0.396 e. The Labute approximate surface area is 163 Å². The highest BCUT2D eigenvalue weighted by atomic mass is 32.1. The van der Waals surface area contributed by atoms with Gasteiger partial charge in [-0.05, 0) is 29.6 Å². The lowest BCUT2D eigenvalue weighted by Gasteiger charge is -2.09. The number of amides is 1. The van der Waals surface area contributed by atoms with Crippen LogP contribution in [0.1, 0.15) is 10.5 Å². The zero-order chi connectivity index (χ0) is 19.7. The lowest BCUT2D eigenvalue weighted by atomic mass is 10.1. The molecule has 4 heterocycles. The second-order valence-corrected chi connectivity index (χ2v) is 6.97. The summed E-state index contributed by atoms with van der Waals surface area (Å²) in [5, 5.41) is 8.51. The normalized spacial score (nSPS) is 10.8. The summed E-state index contributed by atoms with van der Waals surface area (Å²) in [5.41, 5.74) is 7.75. The fraction of sp³-hybridized carbons (Fsp3) is 0.0526. The molecule has 3 N–H and O–H groups in total. The number of carbonyl (C=O) groups is 1. The number of nitrogens with two attached hydrogens (primary N) is 1. The summed E-state index contributed by atoms with van der Waals surface area (Å²) in [5.74, 6) is -1.31. The Morgan fingerprint density at radius 3 is 2.79 bits per heavy atom. The Bertz CT molecular complexity index is 1160. The van der Waals surface area contributed by atoms with Crippen LogP contribution in [0.3, 0.4) is 0 Å². The van der Waals surface area contributed by atoms with Crippen molar-refractivity contribution in [3.05, 3.63) is 65.8 Å². The lowest BCUT2D eigenvalue weighted by Crippen LogP contribution is -2.17. The first-order chi connectivity index (χ1) is 13.5. The van der Waals surface area contributed by atoms with Crippen LogP contribution < -0.4 is 11.1 Å². The van der Waals surface area contributed by atoms with Gasteiger partial charge in [-0.15, -0.1) is 11.3 Å². The number of thiophene rings is 1. The van der Waals surface area contributed by atoms with Crippen molar-refractivity contribution in [2.75, 3.05) is 11.1 Å². The molecule has 4 rings (SSSR count). The number of anilines is 2. The maximum atomic E-state index is 14.5. The van der Waals surface area contributed by atoms with Gasteiger partial charge in [0.25, 0.3) is 5.91 Å². The number of hydrogen-bond acceptors (Lipinski definition) is 6. The number of nitrogens with one attached hydrogen (secondary N) is 1. The standard InChI is InChI=1S/C19H15FN6OS/c1-26-10-12(9-23-26)11-7-13(20)17(22-8-11)19(27)25-18-14(21)4-5-15(24-18)16-3-2-6-28-16/h2-10H,21H2,1H3,(H,24,25,27). The van der Waals surface area contributed by atoms with Gasteiger partial charge in [0, 0.05) is 30.6 Å². The molecule has 0 saturated heterocycles. The fourth-order valence-corrected chi connectivity index (χ4v) is 3.33. The van der Waals surface area contributed by atoms with Crippen LogP contribution in [0.25, 0.3) is 21.7 Å². The smallest absolute Gasteiger partial charge is 0.278 e. The molecule has 0 atom stereocenters. The number of pyridine rings is 2. The predicted octanol–water partition coefficient (Wildman–Crippen LogP) is 3.58. The number of rotatable bonds is 4. The summed E-state index contributed by atoms with van der Waals surface area (Å²) < 4.78 is 16.1. The summed E-state index contributed by atoms with van der Waals surface area (Å²) in [4.78, 5) is 21.8. The van der Waals surface area contributed by atoms with Gasteiger partial charge in [-0.3, -0.25) is 9.48 Å². The van der Waals surface area contributed by atoms with Gasteiger partial charge in [-0.25, -0.2) is 14.4 Å². The van der Waals surface area contributed by atoms with E-state index in [0.29, 0.717) is 16.8 Å². The Balaban J connectivity index is 1.59. The van der Waals surface area contributed by atoms with Gasteiger partial charge in [0.05, 0.1) is 22.5 Å². The molecule has 28 heavy (non-hydrogen) atoms. The molecule has 0 unspecified atom stereocenters. The van der Waals surface area contributed by atoms with Gasteiger partial charge >= 0.3 is 0 Å². The molecule has 0 aliphatic rings. The van der Waals surface area contributed by atoms with Crippen LogP contribution in [0.2, 0.25) is 0 Å². The predicted molar refractivity (Wildman–Crippen MR) is 106 cm³/mol. The molecule has 4 aromatic rings. The SMILES string of the molecule is Cn1cc(-c2cnc(C(=O)Nc3nc(-c4cccs4)ccc3N)c(F)c2)cn1. The lowest BCUT2D eigenvalue weighted by molar-refractivity contribution is 0.101. The van der Waals surface area contributed by atoms with Crippen molar-refractivity contribution in [1.29, 1.82) is 0 Å². The summed E-state index contributed by atoms with van der Waals surface area (Å²) in [7, 11) is 1.76. The maximum Gasteiger partial charge on any atom is 0.278 e. The largest absolute Gasteiger partial charge is 0.396 e. The first-order valence-corrected chi connectivity index (χ1v) is 9.15. The number of aromatic nitrogens is 4. The number of halogens is 1. The van der Waals surface area contributed by atoms with E-state index in [1.807, 2.05) is 17.5 Å². The molecule has 0 spiro atoms. The third kappa shape index (κ3) is 3.47. The highest BCUT2D eigenvalue weighted by molar-refractivity contribution is 7.13. The molecule has 0 radical (unpaired) electrons. The molecule has 0 aliphatic heterocycles. The zero-order valence-corrected chi connectivity index (χ0v) is 15.6. The second kappa shape index (κ2) is 7.20. The van der Waals surface area contributed by atoms with E-state index >= 15 is 0 Å². The number of carbonyl (C=O) groups excluding carboxylic acids is 1. The van der Waals surface area contributed by atoms with Crippen molar-refractivity contribution >= 4 is 28.7 Å². The molecule has 9 heteroatoms. The molecule has 7 nitrogen and oxygen atoms in total. The maximum absolute atomic E-state index is 14.5. The molecule has 0 bridgehead atoms. The minimum absolute atomic E-state index is 0.161. The summed E-state index contributed by atoms with van der Waals surface area (Å²) in [6, 6.07) is 8.47. The van der Waals surface area contributed by atoms with Gasteiger partial charge in [-0.1, -0.05) is 6.07 Å². The van der Waals surface area contributed by atoms with Crippen LogP contribution in [-0.2, 0) is 7.05 Å². The Morgan fingerprint density at radius 1 is 1.25 bits per heavy atom. The zero-order valence-electron chi connectivity index (χ0n) is 14.8. The van der Waals surface area contributed by atoms with E-state index in [1.54, 1.807) is 36.3 Å². The molecule has 0 aromatic carbocycles. The molecule has 0 saturated carbocycles. The number of nitrogens with zero attached hydrogens (tertiary/aromatic N) is 4. The van der Waals surface area contributed by atoms with Crippen LogP contribution in [0.5, 0.6) is 0 Å². The number of aryl methyl sites for hydroxylation is 1. The van der Waals surface area contributed by atoms with Crippen molar-refractivity contribution in [2.45, 2.75) is 0 Å². The topological polar surface area (TPSA) is 98.7 Å². The summed E-state index contributed by atoms with van der Waals surface area (Å²) >= 11 is 1.51. The average Bonchev–Trinajstić information content (AvgIpc) is 3.35. The van der Waals surface area contributed by atoms with E-state index in [0.717, 1.165) is 4.88 Å². The van der Waals surface area contributed by atoms with Crippen LogP contribution in [0.4, 0.5) is 15.9 Å². The van der Waals surface area contributed by atoms with Crippen molar-refractivity contribution in [3.8, 4) is 21.7 Å². The second-order valence-electron chi connectivity index (χ2n) is 6.02. The van der Waals surface area contributed by atoms with Gasteiger partial charge in [0.1, 0.15) is 0 Å². The molecular formula is C19H15FN6OS. The average molecular weight is 394 g/mol. The quantitative estimate of drug-likeness (QED) is 0.551. The first-order valence-electron chi connectivity index (χ1n) is 8.27. The van der Waals surface area contributed by atoms with Crippen LogP contribution in [-0.4, -0.2) is 25.7 Å². The van der Waals surface area contributed by atoms with Crippen molar-refractivity contribution < 1.29 is 9.18 Å². The van der Waals surface area contributed by atoms with Gasteiger partial charge in [0.15, 0.2) is 17.3 Å². The Kier molecular flexibility index (Phi) is 4.58. The third-order valence-corrected chi connectivity index (χ3v) is 4.92. The highest BCUT2D eigenvalue weighted by Crippen LogP contribution is 2.27. The van der Waals surface area contributed by atoms with Crippen molar-refractivity contribution in [2.24, 2.45) is 7.05 Å². The minimum atomic E-state index is -0.744. The summed E-state index contributed by atoms with van der Waals surface area (Å²) in [6.45, 7) is 0. The summed E-state index contributed by atoms with van der Waals surface area (Å²) in [6.07, 6.45) is 4.75. The van der Waals surface area contributed by atoms with E-state index in [9.17, 15) is 9.18 Å². The van der Waals surface area contributed by atoms with E-state index < -0.39 is 11.7 Å². The van der Waals surface area contributed by atoms with Gasteiger partial charge in [-0.2, -0.15) is 5.10 Å². The Hall–Kier alpha value is -3.59. The van der Waals surface area contributed by atoms with Gasteiger partial charge in [0.2, 0.25) is 0 Å². The number of nitrogen functional groups attached to an aromatic ring is 1.